The van der Waals surface area contributed by atoms with Crippen molar-refractivity contribution >= 4 is 27.3 Å². The van der Waals surface area contributed by atoms with Crippen LogP contribution in [0.5, 0.6) is 11.5 Å². The number of carbonyl (C=O) groups is 1. The van der Waals surface area contributed by atoms with Crippen LogP contribution in [0.2, 0.25) is 0 Å². The topological polar surface area (TPSA) is 97.8 Å². The van der Waals surface area contributed by atoms with Gasteiger partial charge in [0.15, 0.2) is 11.5 Å². The Balaban J connectivity index is 2.37. The molecular weight excluding hydrogens is 358 g/mol. The Morgan fingerprint density at radius 3 is 2.42 bits per heavy atom. The molecular formula is C17H21N3O5S. The predicted molar refractivity (Wildman–Crippen MR) is 99.2 cm³/mol. The van der Waals surface area contributed by atoms with Crippen molar-refractivity contribution in [3.8, 4) is 11.5 Å². The molecule has 9 heteroatoms. The van der Waals surface area contributed by atoms with Gasteiger partial charge >= 0.3 is 0 Å². The lowest BCUT2D eigenvalue weighted by Crippen LogP contribution is -2.45. The number of amides is 1. The lowest BCUT2D eigenvalue weighted by Gasteiger charge is -2.28. The van der Waals surface area contributed by atoms with Gasteiger partial charge < -0.3 is 14.8 Å². The first kappa shape index (κ1) is 19.5. The molecule has 140 valence electrons. The van der Waals surface area contributed by atoms with Crippen LogP contribution in [0, 0.1) is 0 Å². The predicted octanol–water partition coefficient (Wildman–Crippen LogP) is 1.89. The third kappa shape index (κ3) is 4.42. The average molecular weight is 379 g/mol. The Labute approximate surface area is 152 Å². The quantitative estimate of drug-likeness (QED) is 0.789. The number of anilines is 2. The molecule has 0 saturated carbocycles. The van der Waals surface area contributed by atoms with Gasteiger partial charge in [0.2, 0.25) is 15.9 Å². The Morgan fingerprint density at radius 2 is 1.88 bits per heavy atom. The van der Waals surface area contributed by atoms with Crippen LogP contribution in [0.4, 0.5) is 11.4 Å². The SMILES string of the molecule is COc1ccc(N(C(C)C(=O)Nc2cccnc2)S(C)(=O)=O)cc1OC. The van der Waals surface area contributed by atoms with Gasteiger partial charge in [-0.2, -0.15) is 0 Å². The first-order chi connectivity index (χ1) is 12.3. The fraction of sp³-hybridized carbons (Fsp3) is 0.294. The fourth-order valence-corrected chi connectivity index (χ4v) is 3.62. The number of ether oxygens (including phenoxy) is 2. The summed E-state index contributed by atoms with van der Waals surface area (Å²) in [5.41, 5.74) is 0.768. The molecule has 0 saturated heterocycles. The van der Waals surface area contributed by atoms with Crippen LogP contribution in [0.15, 0.2) is 42.7 Å². The van der Waals surface area contributed by atoms with Gasteiger partial charge in [-0.3, -0.25) is 14.1 Å². The number of nitrogens with zero attached hydrogens (tertiary/aromatic N) is 2. The smallest absolute Gasteiger partial charge is 0.248 e. The molecule has 1 N–H and O–H groups in total. The van der Waals surface area contributed by atoms with E-state index in [2.05, 4.69) is 10.3 Å². The van der Waals surface area contributed by atoms with Crippen LogP contribution in [0.1, 0.15) is 6.92 Å². The molecule has 0 fully saturated rings. The highest BCUT2D eigenvalue weighted by Gasteiger charge is 2.30. The molecule has 1 amide bonds. The van der Waals surface area contributed by atoms with Crippen LogP contribution >= 0.6 is 0 Å². The molecule has 1 atom stereocenters. The Morgan fingerprint density at radius 1 is 1.19 bits per heavy atom. The van der Waals surface area contributed by atoms with Gasteiger partial charge in [0, 0.05) is 12.3 Å². The molecule has 0 aliphatic heterocycles. The number of nitrogens with one attached hydrogen (secondary N) is 1. The lowest BCUT2D eigenvalue weighted by atomic mass is 10.2. The monoisotopic (exact) mass is 379 g/mol. The summed E-state index contributed by atoms with van der Waals surface area (Å²) in [6, 6.07) is 6.98. The highest BCUT2D eigenvalue weighted by atomic mass is 32.2. The molecule has 1 heterocycles. The largest absolute Gasteiger partial charge is 0.493 e. The minimum Gasteiger partial charge on any atom is -0.493 e. The summed E-state index contributed by atoms with van der Waals surface area (Å²) < 4.78 is 36.1. The van der Waals surface area contributed by atoms with Gasteiger partial charge in [-0.1, -0.05) is 0 Å². The molecule has 0 aliphatic rings. The van der Waals surface area contributed by atoms with Gasteiger partial charge in [-0.15, -0.1) is 0 Å². The average Bonchev–Trinajstić information content (AvgIpc) is 2.61. The van der Waals surface area contributed by atoms with E-state index in [-0.39, 0.29) is 0 Å². The summed E-state index contributed by atoms with van der Waals surface area (Å²) in [7, 11) is -0.807. The van der Waals surface area contributed by atoms with Crippen molar-refractivity contribution in [1.82, 2.24) is 4.98 Å². The third-order valence-corrected chi connectivity index (χ3v) is 4.88. The van der Waals surface area contributed by atoms with E-state index in [4.69, 9.17) is 9.47 Å². The molecule has 1 aromatic carbocycles. The molecule has 2 aromatic rings. The highest BCUT2D eigenvalue weighted by Crippen LogP contribution is 2.33. The molecule has 0 aliphatic carbocycles. The summed E-state index contributed by atoms with van der Waals surface area (Å²) in [6.07, 6.45) is 4.09. The van der Waals surface area contributed by atoms with E-state index in [9.17, 15) is 13.2 Å². The zero-order valence-electron chi connectivity index (χ0n) is 15.0. The molecule has 2 rings (SSSR count). The van der Waals surface area contributed by atoms with Crippen LogP contribution in [0.25, 0.3) is 0 Å². The van der Waals surface area contributed by atoms with Gasteiger partial charge in [-0.25, -0.2) is 8.42 Å². The molecule has 8 nitrogen and oxygen atoms in total. The Bertz CT molecular complexity index is 871. The third-order valence-electron chi connectivity index (χ3n) is 3.64. The van der Waals surface area contributed by atoms with Gasteiger partial charge in [0.05, 0.1) is 38.0 Å². The van der Waals surface area contributed by atoms with Crippen molar-refractivity contribution in [2.75, 3.05) is 30.1 Å². The Kier molecular flexibility index (Phi) is 6.04. The second kappa shape index (κ2) is 8.05. The number of aromatic nitrogens is 1. The number of benzene rings is 1. The van der Waals surface area contributed by atoms with E-state index in [1.165, 1.54) is 33.4 Å². The summed E-state index contributed by atoms with van der Waals surface area (Å²) in [6.45, 7) is 1.50. The normalized spacial score (nSPS) is 12.2. The number of carbonyl (C=O) groups excluding carboxylic acids is 1. The van der Waals surface area contributed by atoms with Crippen LogP contribution in [0.3, 0.4) is 0 Å². The maximum Gasteiger partial charge on any atom is 0.248 e. The molecule has 0 bridgehead atoms. The summed E-state index contributed by atoms with van der Waals surface area (Å²) >= 11 is 0. The van der Waals surface area contributed by atoms with Crippen molar-refractivity contribution in [1.29, 1.82) is 0 Å². The van der Waals surface area contributed by atoms with Gasteiger partial charge in [0.25, 0.3) is 0 Å². The maximum absolute atomic E-state index is 12.6. The van der Waals surface area contributed by atoms with E-state index in [1.54, 1.807) is 30.5 Å². The standard InChI is InChI=1S/C17H21N3O5S/c1-12(17(21)19-13-6-5-9-18-11-13)20(26(4,22)23)14-7-8-15(24-2)16(10-14)25-3/h5-12H,1-4H3,(H,19,21). The molecule has 1 aromatic heterocycles. The zero-order chi connectivity index (χ0) is 19.3. The summed E-state index contributed by atoms with van der Waals surface area (Å²) in [5, 5.41) is 2.65. The number of hydrogen-bond acceptors (Lipinski definition) is 6. The highest BCUT2D eigenvalue weighted by molar-refractivity contribution is 7.92. The fourth-order valence-electron chi connectivity index (χ4n) is 2.45. The molecule has 0 spiro atoms. The number of methoxy groups -OCH3 is 2. The minimum atomic E-state index is -3.74. The number of sulfonamides is 1. The lowest BCUT2D eigenvalue weighted by molar-refractivity contribution is -0.116. The van der Waals surface area contributed by atoms with E-state index in [1.807, 2.05) is 0 Å². The summed E-state index contributed by atoms with van der Waals surface area (Å²) in [4.78, 5) is 16.5. The van der Waals surface area contributed by atoms with Gasteiger partial charge in [0.1, 0.15) is 6.04 Å². The molecule has 1 unspecified atom stereocenters. The van der Waals surface area contributed by atoms with E-state index >= 15 is 0 Å². The number of pyridine rings is 1. The number of hydrogen-bond donors (Lipinski definition) is 1. The second-order valence-electron chi connectivity index (χ2n) is 5.51. The number of rotatable bonds is 7. The van der Waals surface area contributed by atoms with Crippen molar-refractivity contribution < 1.29 is 22.7 Å². The van der Waals surface area contributed by atoms with Crippen molar-refractivity contribution in [2.45, 2.75) is 13.0 Å². The first-order valence-electron chi connectivity index (χ1n) is 7.70. The Hall–Kier alpha value is -2.81. The van der Waals surface area contributed by atoms with Crippen LogP contribution in [-0.4, -0.2) is 45.8 Å². The van der Waals surface area contributed by atoms with Gasteiger partial charge in [-0.05, 0) is 31.2 Å². The zero-order valence-corrected chi connectivity index (χ0v) is 15.8. The first-order valence-corrected chi connectivity index (χ1v) is 9.55. The maximum atomic E-state index is 12.6. The molecule has 26 heavy (non-hydrogen) atoms. The minimum absolute atomic E-state index is 0.291. The van der Waals surface area contributed by atoms with E-state index < -0.39 is 22.0 Å². The van der Waals surface area contributed by atoms with E-state index in [0.29, 0.717) is 22.9 Å². The second-order valence-corrected chi connectivity index (χ2v) is 7.36. The van der Waals surface area contributed by atoms with Crippen molar-refractivity contribution in [3.63, 3.8) is 0 Å². The molecule has 0 radical (unpaired) electrons. The van der Waals surface area contributed by atoms with Crippen molar-refractivity contribution in [3.05, 3.63) is 42.7 Å². The van der Waals surface area contributed by atoms with Crippen LogP contribution < -0.4 is 19.1 Å². The van der Waals surface area contributed by atoms with Crippen molar-refractivity contribution in [2.24, 2.45) is 0 Å². The summed E-state index contributed by atoms with van der Waals surface area (Å²) in [5.74, 6) is 0.328. The van der Waals surface area contributed by atoms with Crippen LogP contribution in [-0.2, 0) is 14.8 Å². The van der Waals surface area contributed by atoms with E-state index in [0.717, 1.165) is 10.6 Å².